The van der Waals surface area contributed by atoms with Crippen LogP contribution in [0.1, 0.15) is 24.2 Å². The predicted octanol–water partition coefficient (Wildman–Crippen LogP) is 1.09. The van der Waals surface area contributed by atoms with Crippen molar-refractivity contribution in [1.29, 1.82) is 0 Å². The Morgan fingerprint density at radius 1 is 1.54 bits per heavy atom. The van der Waals surface area contributed by atoms with Crippen molar-refractivity contribution in [1.82, 2.24) is 9.78 Å². The third-order valence-electron chi connectivity index (χ3n) is 2.37. The Kier molecular flexibility index (Phi) is 2.93. The first-order valence-electron chi connectivity index (χ1n) is 4.46. The fraction of sp³-hybridized carbons (Fsp3) is 0.667. The van der Waals surface area contributed by atoms with Gasteiger partial charge in [0, 0.05) is 18.3 Å². The van der Waals surface area contributed by atoms with Crippen molar-refractivity contribution in [2.45, 2.75) is 26.8 Å². The summed E-state index contributed by atoms with van der Waals surface area (Å²) in [6, 6.07) is 0.0424. The molecule has 2 N–H and O–H groups in total. The van der Waals surface area contributed by atoms with Crippen LogP contribution in [0.15, 0.2) is 0 Å². The maximum absolute atomic E-state index is 9.00. The average Bonchev–Trinajstić information content (AvgIpc) is 2.43. The van der Waals surface area contributed by atoms with Gasteiger partial charge in [0.2, 0.25) is 0 Å². The number of aliphatic hydroxyl groups is 1. The summed E-state index contributed by atoms with van der Waals surface area (Å²) < 4.78 is 1.85. The molecule has 0 fully saturated rings. The number of nitrogens with one attached hydrogen (secondary N) is 1. The van der Waals surface area contributed by atoms with Gasteiger partial charge in [0.25, 0.3) is 0 Å². The van der Waals surface area contributed by atoms with E-state index in [1.54, 1.807) is 0 Å². The smallest absolute Gasteiger partial charge is 0.150 e. The van der Waals surface area contributed by atoms with Crippen LogP contribution in [-0.2, 0) is 0 Å². The van der Waals surface area contributed by atoms with Gasteiger partial charge in [-0.1, -0.05) is 0 Å². The van der Waals surface area contributed by atoms with Gasteiger partial charge in [0.15, 0.2) is 5.82 Å². The highest BCUT2D eigenvalue weighted by Gasteiger charge is 2.13. The van der Waals surface area contributed by atoms with E-state index in [0.717, 1.165) is 17.1 Å². The van der Waals surface area contributed by atoms with Gasteiger partial charge < -0.3 is 10.4 Å². The van der Waals surface area contributed by atoms with Crippen molar-refractivity contribution < 1.29 is 5.11 Å². The fourth-order valence-electron chi connectivity index (χ4n) is 1.34. The lowest BCUT2D eigenvalue weighted by molar-refractivity contribution is 0.228. The Morgan fingerprint density at radius 2 is 2.15 bits per heavy atom. The summed E-state index contributed by atoms with van der Waals surface area (Å²) >= 11 is 0. The molecule has 1 atom stereocenters. The molecule has 13 heavy (non-hydrogen) atoms. The molecule has 4 nitrogen and oxygen atoms in total. The van der Waals surface area contributed by atoms with Crippen molar-refractivity contribution in [2.24, 2.45) is 0 Å². The lowest BCUT2D eigenvalue weighted by Gasteiger charge is -2.10. The summed E-state index contributed by atoms with van der Waals surface area (Å²) in [5.74, 6) is 0.887. The normalized spacial score (nSPS) is 13.0. The second kappa shape index (κ2) is 3.79. The Bertz CT molecular complexity index is 293. The minimum atomic E-state index is 0.0424. The topological polar surface area (TPSA) is 50.1 Å². The maximum atomic E-state index is 9.00. The number of hydrogen-bond donors (Lipinski definition) is 2. The summed E-state index contributed by atoms with van der Waals surface area (Å²) in [5, 5.41) is 16.4. The number of nitrogens with zero attached hydrogens (tertiary/aromatic N) is 2. The van der Waals surface area contributed by atoms with Crippen LogP contribution in [0.3, 0.4) is 0 Å². The minimum absolute atomic E-state index is 0.0424. The first-order chi connectivity index (χ1) is 6.11. The Balaban J connectivity index is 3.09. The molecule has 1 aromatic heterocycles. The van der Waals surface area contributed by atoms with Gasteiger partial charge in [-0.25, -0.2) is 0 Å². The van der Waals surface area contributed by atoms with Gasteiger partial charge >= 0.3 is 0 Å². The molecule has 0 radical (unpaired) electrons. The Morgan fingerprint density at radius 3 is 2.54 bits per heavy atom. The van der Waals surface area contributed by atoms with Crippen molar-refractivity contribution in [2.75, 3.05) is 19.0 Å². The zero-order valence-corrected chi connectivity index (χ0v) is 8.63. The van der Waals surface area contributed by atoms with Crippen LogP contribution in [-0.4, -0.2) is 28.5 Å². The van der Waals surface area contributed by atoms with Gasteiger partial charge in [-0.3, -0.25) is 4.68 Å². The van der Waals surface area contributed by atoms with E-state index in [4.69, 9.17) is 5.11 Å². The van der Waals surface area contributed by atoms with Crippen LogP contribution in [0, 0.1) is 13.8 Å². The first-order valence-corrected chi connectivity index (χ1v) is 4.46. The van der Waals surface area contributed by atoms with Crippen LogP contribution in [0.5, 0.6) is 0 Å². The van der Waals surface area contributed by atoms with Gasteiger partial charge in [-0.15, -0.1) is 0 Å². The zero-order valence-electron chi connectivity index (χ0n) is 8.63. The molecule has 1 rings (SSSR count). The standard InChI is InChI=1S/C9H17N3O/c1-6(5-13)12-8(3)7(2)9(10-4)11-12/h6,13H,5H2,1-4H3,(H,10,11)/t6-/m0/s1. The second-order valence-corrected chi connectivity index (χ2v) is 3.29. The largest absolute Gasteiger partial charge is 0.394 e. The Labute approximate surface area is 78.6 Å². The summed E-state index contributed by atoms with van der Waals surface area (Å²) in [5.41, 5.74) is 2.24. The van der Waals surface area contributed by atoms with E-state index < -0.39 is 0 Å². The van der Waals surface area contributed by atoms with E-state index in [1.165, 1.54) is 0 Å². The van der Waals surface area contributed by atoms with Crippen LogP contribution < -0.4 is 5.32 Å². The van der Waals surface area contributed by atoms with Gasteiger partial charge in [0.1, 0.15) is 0 Å². The molecule has 0 saturated carbocycles. The highest BCUT2D eigenvalue weighted by molar-refractivity contribution is 5.45. The Hall–Kier alpha value is -1.03. The first kappa shape index (κ1) is 10.1. The molecule has 0 aromatic carbocycles. The molecule has 0 aliphatic rings. The van der Waals surface area contributed by atoms with E-state index in [0.29, 0.717) is 0 Å². The van der Waals surface area contributed by atoms with Crippen LogP contribution in [0.2, 0.25) is 0 Å². The van der Waals surface area contributed by atoms with Crippen molar-refractivity contribution in [3.05, 3.63) is 11.3 Å². The molecule has 0 unspecified atom stereocenters. The van der Waals surface area contributed by atoms with Crippen LogP contribution in [0.4, 0.5) is 5.82 Å². The van der Waals surface area contributed by atoms with Gasteiger partial charge in [-0.05, 0) is 20.8 Å². The van der Waals surface area contributed by atoms with Crippen LogP contribution >= 0.6 is 0 Å². The molecule has 0 aliphatic carbocycles. The highest BCUT2D eigenvalue weighted by atomic mass is 16.3. The molecule has 0 amide bonds. The number of aliphatic hydroxyl groups excluding tert-OH is 1. The monoisotopic (exact) mass is 183 g/mol. The molecule has 4 heteroatoms. The summed E-state index contributed by atoms with van der Waals surface area (Å²) in [6.07, 6.45) is 0. The van der Waals surface area contributed by atoms with Gasteiger partial charge in [-0.2, -0.15) is 5.10 Å². The predicted molar refractivity (Wildman–Crippen MR) is 53.0 cm³/mol. The van der Waals surface area contributed by atoms with E-state index in [2.05, 4.69) is 10.4 Å². The molecule has 1 aromatic rings. The molecule has 0 bridgehead atoms. The quantitative estimate of drug-likeness (QED) is 0.737. The van der Waals surface area contributed by atoms with E-state index in [-0.39, 0.29) is 12.6 Å². The van der Waals surface area contributed by atoms with E-state index >= 15 is 0 Å². The lowest BCUT2D eigenvalue weighted by atomic mass is 10.2. The van der Waals surface area contributed by atoms with Crippen molar-refractivity contribution in [3.8, 4) is 0 Å². The molecular formula is C9H17N3O. The number of aromatic nitrogens is 2. The number of anilines is 1. The summed E-state index contributed by atoms with van der Waals surface area (Å²) in [4.78, 5) is 0. The average molecular weight is 183 g/mol. The SMILES string of the molecule is CNc1nn([C@@H](C)CO)c(C)c1C. The second-order valence-electron chi connectivity index (χ2n) is 3.29. The molecule has 0 spiro atoms. The van der Waals surface area contributed by atoms with E-state index in [9.17, 15) is 0 Å². The number of rotatable bonds is 3. The number of hydrogen-bond acceptors (Lipinski definition) is 3. The maximum Gasteiger partial charge on any atom is 0.150 e. The summed E-state index contributed by atoms with van der Waals surface area (Å²) in [6.45, 7) is 6.09. The summed E-state index contributed by atoms with van der Waals surface area (Å²) in [7, 11) is 1.85. The van der Waals surface area contributed by atoms with E-state index in [1.807, 2.05) is 32.5 Å². The molecule has 74 valence electrons. The third kappa shape index (κ3) is 1.67. The third-order valence-corrected chi connectivity index (χ3v) is 2.37. The minimum Gasteiger partial charge on any atom is -0.394 e. The highest BCUT2D eigenvalue weighted by Crippen LogP contribution is 2.19. The fourth-order valence-corrected chi connectivity index (χ4v) is 1.34. The van der Waals surface area contributed by atoms with Crippen molar-refractivity contribution >= 4 is 5.82 Å². The van der Waals surface area contributed by atoms with Gasteiger partial charge in [0.05, 0.1) is 12.6 Å². The molecule has 1 heterocycles. The molecule has 0 aliphatic heterocycles. The molecule has 0 saturated heterocycles. The lowest BCUT2D eigenvalue weighted by Crippen LogP contribution is -2.12. The van der Waals surface area contributed by atoms with Crippen LogP contribution in [0.25, 0.3) is 0 Å². The van der Waals surface area contributed by atoms with Crippen molar-refractivity contribution in [3.63, 3.8) is 0 Å². The molecular weight excluding hydrogens is 166 g/mol. The zero-order chi connectivity index (χ0) is 10.0.